The van der Waals surface area contributed by atoms with Gasteiger partial charge in [-0.05, 0) is 17.7 Å². The van der Waals surface area contributed by atoms with Crippen molar-refractivity contribution in [2.75, 3.05) is 31.0 Å². The van der Waals surface area contributed by atoms with Gasteiger partial charge in [-0.1, -0.05) is 42.1 Å². The molecule has 0 radical (unpaired) electrons. The second kappa shape index (κ2) is 10.1. The smallest absolute Gasteiger partial charge is 0.268 e. The second-order valence-electron chi connectivity index (χ2n) is 7.05. The fourth-order valence-electron chi connectivity index (χ4n) is 3.38. The van der Waals surface area contributed by atoms with Gasteiger partial charge in [-0.25, -0.2) is 4.98 Å². The number of fused-ring (bicyclic) bond motifs is 1. The third-order valence-corrected chi connectivity index (χ3v) is 7.02. The molecule has 0 saturated heterocycles. The van der Waals surface area contributed by atoms with Crippen molar-refractivity contribution in [3.05, 3.63) is 70.1 Å². The normalized spacial score (nSPS) is 12.3. The number of hydrogen-bond donors (Lipinski definition) is 1. The molecule has 1 amide bonds. The largest absolute Gasteiger partial charge is 0.493 e. The average molecular weight is 470 g/mol. The predicted molar refractivity (Wildman–Crippen MR) is 127 cm³/mol. The number of nitrogens with one attached hydrogen (secondary N) is 1. The molecule has 9 heteroatoms. The number of anilines is 1. The number of thioether (sulfide) groups is 2. The number of carbonyl (C=O) groups excluding carboxylic acids is 1. The van der Waals surface area contributed by atoms with Crippen molar-refractivity contribution < 1.29 is 14.3 Å². The van der Waals surface area contributed by atoms with Crippen LogP contribution in [0.25, 0.3) is 0 Å². The molecule has 1 aliphatic rings. The molecule has 2 heterocycles. The Morgan fingerprint density at radius 2 is 1.94 bits per heavy atom. The molecule has 1 aliphatic heterocycles. The SMILES string of the molecule is COc1ccc(NC(=O)CSc2nc3c(c(=O)n2Cc2ccccc2)SCC3)cc1OC. The first-order valence-electron chi connectivity index (χ1n) is 10.0. The van der Waals surface area contributed by atoms with Crippen molar-refractivity contribution in [3.63, 3.8) is 0 Å². The van der Waals surface area contributed by atoms with E-state index in [0.29, 0.717) is 28.9 Å². The Kier molecular flexibility index (Phi) is 7.06. The van der Waals surface area contributed by atoms with Crippen LogP contribution in [-0.4, -0.2) is 41.2 Å². The molecule has 1 N–H and O–H groups in total. The lowest BCUT2D eigenvalue weighted by molar-refractivity contribution is -0.113. The number of benzene rings is 2. The lowest BCUT2D eigenvalue weighted by atomic mass is 10.2. The van der Waals surface area contributed by atoms with Crippen LogP contribution in [0.4, 0.5) is 5.69 Å². The first kappa shape index (κ1) is 22.3. The molecule has 7 nitrogen and oxygen atoms in total. The molecular weight excluding hydrogens is 446 g/mol. The van der Waals surface area contributed by atoms with Gasteiger partial charge in [0, 0.05) is 23.9 Å². The van der Waals surface area contributed by atoms with Crippen LogP contribution in [0, 0.1) is 0 Å². The van der Waals surface area contributed by atoms with E-state index in [1.807, 2.05) is 30.3 Å². The number of rotatable bonds is 8. The molecule has 0 spiro atoms. The third kappa shape index (κ3) is 4.94. The Bertz CT molecular complexity index is 1180. The summed E-state index contributed by atoms with van der Waals surface area (Å²) in [4.78, 5) is 31.2. The van der Waals surface area contributed by atoms with Gasteiger partial charge in [0.1, 0.15) is 0 Å². The van der Waals surface area contributed by atoms with Crippen LogP contribution in [-0.2, 0) is 17.8 Å². The Morgan fingerprint density at radius 3 is 2.69 bits per heavy atom. The van der Waals surface area contributed by atoms with Crippen molar-refractivity contribution >= 4 is 35.1 Å². The van der Waals surface area contributed by atoms with Crippen LogP contribution in [0.2, 0.25) is 0 Å². The quantitative estimate of drug-likeness (QED) is 0.398. The monoisotopic (exact) mass is 469 g/mol. The summed E-state index contributed by atoms with van der Waals surface area (Å²) in [5.74, 6) is 1.91. The van der Waals surface area contributed by atoms with Crippen LogP contribution in [0.5, 0.6) is 11.5 Å². The molecule has 0 bridgehead atoms. The molecular formula is C23H23N3O4S2. The number of amides is 1. The van der Waals surface area contributed by atoms with Crippen molar-refractivity contribution in [2.45, 2.75) is 23.0 Å². The molecule has 0 saturated carbocycles. The van der Waals surface area contributed by atoms with Gasteiger partial charge in [0.25, 0.3) is 5.56 Å². The summed E-state index contributed by atoms with van der Waals surface area (Å²) in [5.41, 5.74) is 2.40. The van der Waals surface area contributed by atoms with Gasteiger partial charge in [0.2, 0.25) is 5.91 Å². The Labute approximate surface area is 194 Å². The minimum absolute atomic E-state index is 0.0378. The van der Waals surface area contributed by atoms with Gasteiger partial charge in [-0.2, -0.15) is 0 Å². The maximum Gasteiger partial charge on any atom is 0.268 e. The molecule has 32 heavy (non-hydrogen) atoms. The van der Waals surface area contributed by atoms with Crippen molar-refractivity contribution in [3.8, 4) is 11.5 Å². The number of ether oxygens (including phenoxy) is 2. The number of aryl methyl sites for hydroxylation is 1. The van der Waals surface area contributed by atoms with Gasteiger partial charge in [-0.3, -0.25) is 14.2 Å². The highest BCUT2D eigenvalue weighted by atomic mass is 32.2. The molecule has 0 aliphatic carbocycles. The zero-order chi connectivity index (χ0) is 22.5. The molecule has 3 aromatic rings. The number of hydrogen-bond acceptors (Lipinski definition) is 7. The number of methoxy groups -OCH3 is 2. The summed E-state index contributed by atoms with van der Waals surface area (Å²) >= 11 is 2.82. The first-order chi connectivity index (χ1) is 15.6. The number of carbonyl (C=O) groups is 1. The maximum atomic E-state index is 13.1. The Morgan fingerprint density at radius 1 is 1.16 bits per heavy atom. The highest BCUT2D eigenvalue weighted by Crippen LogP contribution is 2.31. The molecule has 1 aromatic heterocycles. The fraction of sp³-hybridized carbons (Fsp3) is 0.261. The standard InChI is InChI=1S/C23H23N3O4S2/c1-29-18-9-8-16(12-19(18)30-2)24-20(27)14-32-23-25-17-10-11-31-21(17)22(28)26(23)13-15-6-4-3-5-7-15/h3-9,12H,10-11,13-14H2,1-2H3,(H,24,27). The van der Waals surface area contributed by atoms with Crippen molar-refractivity contribution in [2.24, 2.45) is 0 Å². The average Bonchev–Trinajstić information content (AvgIpc) is 3.29. The van der Waals surface area contributed by atoms with Crippen molar-refractivity contribution in [1.29, 1.82) is 0 Å². The molecule has 166 valence electrons. The van der Waals surface area contributed by atoms with Crippen LogP contribution < -0.4 is 20.3 Å². The Hall–Kier alpha value is -2.91. The minimum atomic E-state index is -0.197. The van der Waals surface area contributed by atoms with E-state index in [-0.39, 0.29) is 17.2 Å². The summed E-state index contributed by atoms with van der Waals surface area (Å²) in [6, 6.07) is 15.0. The lowest BCUT2D eigenvalue weighted by Crippen LogP contribution is -2.26. The predicted octanol–water partition coefficient (Wildman–Crippen LogP) is 3.69. The lowest BCUT2D eigenvalue weighted by Gasteiger charge is -2.14. The highest BCUT2D eigenvalue weighted by Gasteiger charge is 2.22. The Balaban J connectivity index is 1.52. The molecule has 0 unspecified atom stereocenters. The van der Waals surface area contributed by atoms with Crippen LogP contribution in [0.1, 0.15) is 11.3 Å². The van der Waals surface area contributed by atoms with Gasteiger partial charge < -0.3 is 14.8 Å². The van der Waals surface area contributed by atoms with E-state index in [1.54, 1.807) is 48.7 Å². The van der Waals surface area contributed by atoms with Crippen LogP contribution in [0.3, 0.4) is 0 Å². The van der Waals surface area contributed by atoms with Crippen LogP contribution in [0.15, 0.2) is 63.4 Å². The second-order valence-corrected chi connectivity index (χ2v) is 9.10. The zero-order valence-electron chi connectivity index (χ0n) is 17.8. The summed E-state index contributed by atoms with van der Waals surface area (Å²) in [6.07, 6.45) is 0.771. The van der Waals surface area contributed by atoms with E-state index in [9.17, 15) is 9.59 Å². The summed E-state index contributed by atoms with van der Waals surface area (Å²) in [7, 11) is 3.10. The third-order valence-electron chi connectivity index (χ3n) is 4.93. The van der Waals surface area contributed by atoms with E-state index in [2.05, 4.69) is 5.32 Å². The summed E-state index contributed by atoms with van der Waals surface area (Å²) in [6.45, 7) is 0.417. The van der Waals surface area contributed by atoms with E-state index in [0.717, 1.165) is 28.3 Å². The van der Waals surface area contributed by atoms with Gasteiger partial charge in [0.05, 0.1) is 37.1 Å². The van der Waals surface area contributed by atoms with Gasteiger partial charge in [-0.15, -0.1) is 11.8 Å². The first-order valence-corrected chi connectivity index (χ1v) is 12.0. The zero-order valence-corrected chi connectivity index (χ0v) is 19.4. The number of aromatic nitrogens is 2. The van der Waals surface area contributed by atoms with E-state index >= 15 is 0 Å². The van der Waals surface area contributed by atoms with E-state index in [1.165, 1.54) is 11.8 Å². The molecule has 4 rings (SSSR count). The van der Waals surface area contributed by atoms with E-state index < -0.39 is 0 Å². The summed E-state index contributed by atoms with van der Waals surface area (Å²) < 4.78 is 12.2. The number of nitrogens with zero attached hydrogens (tertiary/aromatic N) is 2. The summed E-state index contributed by atoms with van der Waals surface area (Å²) in [5, 5.41) is 3.42. The minimum Gasteiger partial charge on any atom is -0.493 e. The van der Waals surface area contributed by atoms with E-state index in [4.69, 9.17) is 14.5 Å². The topological polar surface area (TPSA) is 82.5 Å². The van der Waals surface area contributed by atoms with Gasteiger partial charge >= 0.3 is 0 Å². The highest BCUT2D eigenvalue weighted by molar-refractivity contribution is 8.00. The van der Waals surface area contributed by atoms with Crippen LogP contribution >= 0.6 is 23.5 Å². The molecule has 0 atom stereocenters. The maximum absolute atomic E-state index is 13.1. The molecule has 0 fully saturated rings. The van der Waals surface area contributed by atoms with Crippen molar-refractivity contribution in [1.82, 2.24) is 9.55 Å². The van der Waals surface area contributed by atoms with Gasteiger partial charge in [0.15, 0.2) is 16.7 Å². The fourth-order valence-corrected chi connectivity index (χ4v) is 5.24. The molecule has 2 aromatic carbocycles.